The fraction of sp³-hybridized carbons (Fsp3) is 0.462. The molecule has 0 radical (unpaired) electrons. The van der Waals surface area contributed by atoms with Crippen molar-refractivity contribution in [2.24, 2.45) is 10.9 Å². The Kier molecular flexibility index (Phi) is 4.86. The summed E-state index contributed by atoms with van der Waals surface area (Å²) in [4.78, 5) is 16.4. The van der Waals surface area contributed by atoms with Gasteiger partial charge in [0.2, 0.25) is 0 Å². The first-order valence-corrected chi connectivity index (χ1v) is 6.22. The molecule has 0 atom stereocenters. The van der Waals surface area contributed by atoms with Crippen molar-refractivity contribution in [2.75, 3.05) is 0 Å². The standard InChI is InChI=1S/C13H20N4O2/c1-4-13(5-2,12(14)17-19)16-11(18)10-7-6-8-15-9(10)3/h6-8,19H,4-5H2,1-3H3,(H2,14,17)(H,16,18). The second-order valence-electron chi connectivity index (χ2n) is 4.36. The second-order valence-corrected chi connectivity index (χ2v) is 4.36. The van der Waals surface area contributed by atoms with Gasteiger partial charge in [-0.2, -0.15) is 0 Å². The molecule has 1 amide bonds. The molecule has 1 aromatic rings. The van der Waals surface area contributed by atoms with Crippen LogP contribution in [0.3, 0.4) is 0 Å². The van der Waals surface area contributed by atoms with Crippen molar-refractivity contribution in [1.82, 2.24) is 10.3 Å². The molecule has 0 saturated carbocycles. The van der Waals surface area contributed by atoms with E-state index in [1.165, 1.54) is 0 Å². The molecule has 0 unspecified atom stereocenters. The molecule has 4 N–H and O–H groups in total. The Morgan fingerprint density at radius 2 is 2.16 bits per heavy atom. The van der Waals surface area contributed by atoms with E-state index in [0.29, 0.717) is 24.1 Å². The smallest absolute Gasteiger partial charge is 0.253 e. The molecule has 0 aliphatic carbocycles. The lowest BCUT2D eigenvalue weighted by Gasteiger charge is -2.31. The van der Waals surface area contributed by atoms with Gasteiger partial charge in [0.25, 0.3) is 5.91 Å². The van der Waals surface area contributed by atoms with Crippen LogP contribution in [0.15, 0.2) is 23.5 Å². The van der Waals surface area contributed by atoms with Crippen molar-refractivity contribution < 1.29 is 10.0 Å². The lowest BCUT2D eigenvalue weighted by molar-refractivity contribution is 0.0916. The van der Waals surface area contributed by atoms with Gasteiger partial charge in [-0.05, 0) is 31.9 Å². The van der Waals surface area contributed by atoms with E-state index in [9.17, 15) is 4.79 Å². The van der Waals surface area contributed by atoms with E-state index < -0.39 is 5.54 Å². The molecule has 1 aromatic heterocycles. The largest absolute Gasteiger partial charge is 0.409 e. The summed E-state index contributed by atoms with van der Waals surface area (Å²) in [6, 6.07) is 3.39. The number of aromatic nitrogens is 1. The average molecular weight is 264 g/mol. The number of carbonyl (C=O) groups excluding carboxylic acids is 1. The summed E-state index contributed by atoms with van der Waals surface area (Å²) in [6.07, 6.45) is 2.69. The Bertz CT molecular complexity index is 481. The minimum Gasteiger partial charge on any atom is -0.409 e. The number of rotatable bonds is 5. The molecule has 6 nitrogen and oxygen atoms in total. The predicted molar refractivity (Wildman–Crippen MR) is 73.2 cm³/mol. The van der Waals surface area contributed by atoms with Crippen LogP contribution in [0.2, 0.25) is 0 Å². The maximum absolute atomic E-state index is 12.3. The maximum atomic E-state index is 12.3. The molecule has 6 heteroatoms. The molecule has 0 aliphatic heterocycles. The monoisotopic (exact) mass is 264 g/mol. The van der Waals surface area contributed by atoms with E-state index in [1.807, 2.05) is 13.8 Å². The SMILES string of the molecule is CCC(CC)(NC(=O)c1cccnc1C)C(N)=NO. The highest BCUT2D eigenvalue weighted by molar-refractivity contribution is 6.00. The molecule has 0 spiro atoms. The van der Waals surface area contributed by atoms with E-state index in [-0.39, 0.29) is 11.7 Å². The van der Waals surface area contributed by atoms with Crippen LogP contribution in [-0.2, 0) is 0 Å². The third-order valence-electron chi connectivity index (χ3n) is 3.41. The number of nitrogens with two attached hydrogens (primary N) is 1. The van der Waals surface area contributed by atoms with Crippen molar-refractivity contribution in [3.8, 4) is 0 Å². The molecule has 1 rings (SSSR count). The summed E-state index contributed by atoms with van der Waals surface area (Å²) in [7, 11) is 0. The third kappa shape index (κ3) is 3.01. The molecule has 1 heterocycles. The molecule has 0 saturated heterocycles. The summed E-state index contributed by atoms with van der Waals surface area (Å²) in [5.41, 5.74) is 5.99. The molecule has 0 aliphatic rings. The number of carbonyl (C=O) groups is 1. The van der Waals surface area contributed by atoms with Gasteiger partial charge in [-0.15, -0.1) is 0 Å². The Hall–Kier alpha value is -2.11. The molecule has 0 fully saturated rings. The highest BCUT2D eigenvalue weighted by Crippen LogP contribution is 2.17. The molecule has 0 aromatic carbocycles. The van der Waals surface area contributed by atoms with Gasteiger partial charge in [0.1, 0.15) is 5.54 Å². The Morgan fingerprint density at radius 3 is 2.63 bits per heavy atom. The minimum atomic E-state index is -0.839. The predicted octanol–water partition coefficient (Wildman–Crippen LogP) is 1.43. The van der Waals surface area contributed by atoms with Crippen LogP contribution in [0, 0.1) is 6.92 Å². The zero-order chi connectivity index (χ0) is 14.5. The second kappa shape index (κ2) is 6.17. The number of nitrogens with one attached hydrogen (secondary N) is 1. The van der Waals surface area contributed by atoms with Gasteiger partial charge in [-0.25, -0.2) is 0 Å². The zero-order valence-corrected chi connectivity index (χ0v) is 11.5. The van der Waals surface area contributed by atoms with Gasteiger partial charge in [-0.3, -0.25) is 9.78 Å². The Labute approximate surface area is 112 Å². The fourth-order valence-electron chi connectivity index (χ4n) is 1.96. The van der Waals surface area contributed by atoms with Gasteiger partial charge >= 0.3 is 0 Å². The van der Waals surface area contributed by atoms with Gasteiger partial charge < -0.3 is 16.3 Å². The molecular weight excluding hydrogens is 244 g/mol. The van der Waals surface area contributed by atoms with Crippen LogP contribution in [0.1, 0.15) is 42.7 Å². The van der Waals surface area contributed by atoms with Crippen molar-refractivity contribution in [3.63, 3.8) is 0 Å². The number of hydrogen-bond acceptors (Lipinski definition) is 4. The number of pyridine rings is 1. The summed E-state index contributed by atoms with van der Waals surface area (Å²) in [5.74, 6) is -0.270. The van der Waals surface area contributed by atoms with Crippen molar-refractivity contribution in [3.05, 3.63) is 29.6 Å². The first kappa shape index (κ1) is 14.9. The van der Waals surface area contributed by atoms with Crippen molar-refractivity contribution in [2.45, 2.75) is 39.2 Å². The molecule has 19 heavy (non-hydrogen) atoms. The number of amidine groups is 1. The van der Waals surface area contributed by atoms with Crippen LogP contribution in [-0.4, -0.2) is 27.5 Å². The van der Waals surface area contributed by atoms with E-state index >= 15 is 0 Å². The fourth-order valence-corrected chi connectivity index (χ4v) is 1.96. The summed E-state index contributed by atoms with van der Waals surface area (Å²) < 4.78 is 0. The minimum absolute atomic E-state index is 0.00685. The first-order valence-electron chi connectivity index (χ1n) is 6.22. The highest BCUT2D eigenvalue weighted by Gasteiger charge is 2.33. The lowest BCUT2D eigenvalue weighted by Crippen LogP contribution is -2.57. The van der Waals surface area contributed by atoms with E-state index in [1.54, 1.807) is 25.3 Å². The third-order valence-corrected chi connectivity index (χ3v) is 3.41. The van der Waals surface area contributed by atoms with Crippen molar-refractivity contribution in [1.29, 1.82) is 0 Å². The van der Waals surface area contributed by atoms with Crippen LogP contribution in [0.25, 0.3) is 0 Å². The number of aryl methyl sites for hydroxylation is 1. The van der Waals surface area contributed by atoms with Gasteiger partial charge in [-0.1, -0.05) is 19.0 Å². The maximum Gasteiger partial charge on any atom is 0.253 e. The van der Waals surface area contributed by atoms with Gasteiger partial charge in [0.15, 0.2) is 5.84 Å². The Balaban J connectivity index is 3.05. The molecule has 104 valence electrons. The molecule has 0 bridgehead atoms. The number of nitrogens with zero attached hydrogens (tertiary/aromatic N) is 2. The summed E-state index contributed by atoms with van der Waals surface area (Å²) in [6.45, 7) is 5.51. The van der Waals surface area contributed by atoms with Crippen molar-refractivity contribution >= 4 is 11.7 Å². The lowest BCUT2D eigenvalue weighted by atomic mass is 9.91. The number of amides is 1. The highest BCUT2D eigenvalue weighted by atomic mass is 16.4. The normalized spacial score (nSPS) is 12.3. The summed E-state index contributed by atoms with van der Waals surface area (Å²) >= 11 is 0. The van der Waals surface area contributed by atoms with Gasteiger partial charge in [0, 0.05) is 11.9 Å². The van der Waals surface area contributed by atoms with E-state index in [0.717, 1.165) is 0 Å². The molecular formula is C13H20N4O2. The quantitative estimate of drug-likeness (QED) is 0.324. The zero-order valence-electron chi connectivity index (χ0n) is 11.5. The van der Waals surface area contributed by atoms with Crippen LogP contribution in [0.5, 0.6) is 0 Å². The van der Waals surface area contributed by atoms with E-state index in [4.69, 9.17) is 10.9 Å². The number of hydrogen-bond donors (Lipinski definition) is 3. The van der Waals surface area contributed by atoms with Crippen LogP contribution < -0.4 is 11.1 Å². The van der Waals surface area contributed by atoms with Gasteiger partial charge in [0.05, 0.1) is 5.56 Å². The average Bonchev–Trinajstić information content (AvgIpc) is 2.44. The number of oxime groups is 1. The topological polar surface area (TPSA) is 101 Å². The Morgan fingerprint density at radius 1 is 1.53 bits per heavy atom. The summed E-state index contributed by atoms with van der Waals surface area (Å²) in [5, 5.41) is 14.7. The van der Waals surface area contributed by atoms with Crippen LogP contribution in [0.4, 0.5) is 0 Å². The van der Waals surface area contributed by atoms with E-state index in [2.05, 4.69) is 15.5 Å². The van der Waals surface area contributed by atoms with Crippen LogP contribution >= 0.6 is 0 Å². The first-order chi connectivity index (χ1) is 9.00.